The molecule has 1 saturated heterocycles. The average Bonchev–Trinajstić information content (AvgIpc) is 3.42. The monoisotopic (exact) mass is 419 g/mol. The van der Waals surface area contributed by atoms with Crippen molar-refractivity contribution in [1.82, 2.24) is 29.0 Å². The van der Waals surface area contributed by atoms with E-state index in [9.17, 15) is 9.59 Å². The fourth-order valence-corrected chi connectivity index (χ4v) is 3.81. The molecule has 0 radical (unpaired) electrons. The molecule has 4 aromatic rings. The van der Waals surface area contributed by atoms with Gasteiger partial charge in [0.05, 0.1) is 5.52 Å². The fourth-order valence-electron chi connectivity index (χ4n) is 3.81. The molecule has 0 unspecified atom stereocenters. The van der Waals surface area contributed by atoms with Gasteiger partial charge in [-0.2, -0.15) is 0 Å². The molecular weight excluding hydrogens is 398 g/mol. The van der Waals surface area contributed by atoms with Crippen LogP contribution in [0.1, 0.15) is 5.82 Å². The summed E-state index contributed by atoms with van der Waals surface area (Å²) in [4.78, 5) is 42.0. The van der Waals surface area contributed by atoms with E-state index in [0.29, 0.717) is 43.1 Å². The number of hydrogen-bond acceptors (Lipinski definition) is 7. The van der Waals surface area contributed by atoms with Crippen molar-refractivity contribution in [3.05, 3.63) is 65.4 Å². The zero-order valence-corrected chi connectivity index (χ0v) is 17.0. The third-order valence-electron chi connectivity index (χ3n) is 5.40. The van der Waals surface area contributed by atoms with Gasteiger partial charge >= 0.3 is 5.76 Å². The summed E-state index contributed by atoms with van der Waals surface area (Å²) in [6.07, 6.45) is 5.24. The smallest absolute Gasteiger partial charge is 0.408 e. The molecule has 158 valence electrons. The molecule has 0 N–H and O–H groups in total. The van der Waals surface area contributed by atoms with Crippen molar-refractivity contribution in [2.24, 2.45) is 0 Å². The van der Waals surface area contributed by atoms with Crippen molar-refractivity contribution in [3.63, 3.8) is 0 Å². The van der Waals surface area contributed by atoms with Crippen LogP contribution < -0.4 is 10.7 Å². The van der Waals surface area contributed by atoms with Gasteiger partial charge in [-0.3, -0.25) is 13.9 Å². The fraction of sp³-hybridized carbons (Fsp3) is 0.286. The lowest BCUT2D eigenvalue weighted by Gasteiger charge is -2.35. The van der Waals surface area contributed by atoms with Gasteiger partial charge in [0.15, 0.2) is 5.58 Å². The van der Waals surface area contributed by atoms with Crippen LogP contribution in [-0.4, -0.2) is 61.1 Å². The minimum Gasteiger partial charge on any atom is -0.408 e. The number of carbonyl (C=O) groups is 1. The Morgan fingerprint density at radius 3 is 2.65 bits per heavy atom. The quantitative estimate of drug-likeness (QED) is 0.490. The maximum absolute atomic E-state index is 12.8. The maximum Gasteiger partial charge on any atom is 0.420 e. The van der Waals surface area contributed by atoms with Gasteiger partial charge in [-0.1, -0.05) is 12.1 Å². The number of benzene rings is 1. The Morgan fingerprint density at radius 2 is 1.87 bits per heavy atom. The first-order valence-corrected chi connectivity index (χ1v) is 10.0. The lowest BCUT2D eigenvalue weighted by atomic mass is 10.3. The van der Waals surface area contributed by atoms with Crippen LogP contribution >= 0.6 is 0 Å². The second-order valence-electron chi connectivity index (χ2n) is 7.39. The highest BCUT2D eigenvalue weighted by atomic mass is 16.4. The normalized spacial score (nSPS) is 14.4. The third-order valence-corrected chi connectivity index (χ3v) is 5.40. The van der Waals surface area contributed by atoms with Gasteiger partial charge < -0.3 is 14.2 Å². The van der Waals surface area contributed by atoms with Gasteiger partial charge in [0, 0.05) is 44.6 Å². The number of hydrogen-bond donors (Lipinski definition) is 0. The van der Waals surface area contributed by atoms with Crippen molar-refractivity contribution < 1.29 is 9.21 Å². The number of carbonyl (C=O) groups excluding carboxylic acids is 1. The van der Waals surface area contributed by atoms with E-state index < -0.39 is 5.76 Å². The number of amides is 1. The van der Waals surface area contributed by atoms with Gasteiger partial charge in [-0.05, 0) is 19.1 Å². The highest BCUT2D eigenvalue weighted by Crippen LogP contribution is 2.18. The Kier molecular flexibility index (Phi) is 4.73. The van der Waals surface area contributed by atoms with Gasteiger partial charge in [0.1, 0.15) is 30.3 Å². The van der Waals surface area contributed by atoms with Crippen LogP contribution in [0.5, 0.6) is 0 Å². The summed E-state index contributed by atoms with van der Waals surface area (Å²) in [5.74, 6) is 1.62. The van der Waals surface area contributed by atoms with E-state index in [1.807, 2.05) is 29.8 Å². The second-order valence-corrected chi connectivity index (χ2v) is 7.39. The van der Waals surface area contributed by atoms with E-state index >= 15 is 0 Å². The zero-order valence-electron chi connectivity index (χ0n) is 17.0. The predicted molar refractivity (Wildman–Crippen MR) is 113 cm³/mol. The minimum absolute atomic E-state index is 0.0345. The van der Waals surface area contributed by atoms with Crippen LogP contribution in [-0.2, 0) is 11.3 Å². The van der Waals surface area contributed by atoms with E-state index in [-0.39, 0.29) is 12.5 Å². The van der Waals surface area contributed by atoms with E-state index in [1.165, 1.54) is 4.57 Å². The molecule has 10 nitrogen and oxygen atoms in total. The molecule has 0 spiro atoms. The molecule has 10 heteroatoms. The van der Waals surface area contributed by atoms with Gasteiger partial charge in [-0.15, -0.1) is 0 Å². The van der Waals surface area contributed by atoms with Crippen LogP contribution in [0, 0.1) is 6.92 Å². The van der Waals surface area contributed by atoms with E-state index in [0.717, 1.165) is 11.6 Å². The molecule has 0 aliphatic carbocycles. The largest absolute Gasteiger partial charge is 0.420 e. The maximum atomic E-state index is 12.8. The molecule has 1 aromatic carbocycles. The summed E-state index contributed by atoms with van der Waals surface area (Å²) in [6.45, 7) is 4.21. The summed E-state index contributed by atoms with van der Waals surface area (Å²) in [7, 11) is 0. The highest BCUT2D eigenvalue weighted by Gasteiger charge is 2.24. The summed E-state index contributed by atoms with van der Waals surface area (Å²) >= 11 is 0. The van der Waals surface area contributed by atoms with E-state index in [2.05, 4.69) is 19.9 Å². The average molecular weight is 419 g/mol. The standard InChI is InChI=1S/C21H21N7O3/c1-15-23-18(12-19(24-15)27-7-6-22-14-27)25-8-10-26(11-9-25)20(29)13-28-16-4-2-3-5-17(16)31-21(28)30/h2-7,12,14H,8-11,13H2,1H3. The van der Waals surface area contributed by atoms with E-state index in [4.69, 9.17) is 4.42 Å². The number of imidazole rings is 1. The molecular formula is C21H21N7O3. The molecule has 31 heavy (non-hydrogen) atoms. The van der Waals surface area contributed by atoms with Gasteiger partial charge in [-0.25, -0.2) is 19.7 Å². The Hall–Kier alpha value is -3.95. The SMILES string of the molecule is Cc1nc(N2CCN(C(=O)Cn3c(=O)oc4ccccc43)CC2)cc(-n2ccnc2)n1. The minimum atomic E-state index is -0.517. The van der Waals surface area contributed by atoms with Crippen LogP contribution in [0.25, 0.3) is 16.9 Å². The lowest BCUT2D eigenvalue weighted by Crippen LogP contribution is -2.50. The third kappa shape index (κ3) is 3.67. The Balaban J connectivity index is 1.28. The van der Waals surface area contributed by atoms with Crippen molar-refractivity contribution in [2.75, 3.05) is 31.1 Å². The lowest BCUT2D eigenvalue weighted by molar-refractivity contribution is -0.132. The molecule has 1 amide bonds. The molecule has 0 saturated carbocycles. The van der Waals surface area contributed by atoms with Crippen LogP contribution in [0.4, 0.5) is 5.82 Å². The van der Waals surface area contributed by atoms with Crippen molar-refractivity contribution >= 4 is 22.8 Å². The molecule has 3 aromatic heterocycles. The first kappa shape index (κ1) is 19.0. The van der Waals surface area contributed by atoms with Crippen molar-refractivity contribution in [3.8, 4) is 5.82 Å². The van der Waals surface area contributed by atoms with Gasteiger partial charge in [0.25, 0.3) is 0 Å². The number of anilines is 1. The molecule has 5 rings (SSSR count). The number of para-hydroxylation sites is 2. The van der Waals surface area contributed by atoms with Crippen molar-refractivity contribution in [2.45, 2.75) is 13.5 Å². The first-order chi connectivity index (χ1) is 15.1. The summed E-state index contributed by atoms with van der Waals surface area (Å²) in [5, 5.41) is 0. The summed E-state index contributed by atoms with van der Waals surface area (Å²) in [5.41, 5.74) is 1.11. The number of fused-ring (bicyclic) bond motifs is 1. The predicted octanol–water partition coefficient (Wildman–Crippen LogP) is 1.23. The summed E-state index contributed by atoms with van der Waals surface area (Å²) in [6, 6.07) is 9.03. The molecule has 1 aliphatic heterocycles. The number of piperazine rings is 1. The number of aromatic nitrogens is 5. The number of rotatable bonds is 4. The zero-order chi connectivity index (χ0) is 21.4. The van der Waals surface area contributed by atoms with Crippen LogP contribution in [0.15, 0.2) is 58.3 Å². The highest BCUT2D eigenvalue weighted by molar-refractivity contribution is 5.79. The molecule has 4 heterocycles. The van der Waals surface area contributed by atoms with Crippen molar-refractivity contribution in [1.29, 1.82) is 0 Å². The number of aryl methyl sites for hydroxylation is 1. The van der Waals surface area contributed by atoms with Crippen LogP contribution in [0.3, 0.4) is 0 Å². The van der Waals surface area contributed by atoms with Crippen LogP contribution in [0.2, 0.25) is 0 Å². The number of oxazole rings is 1. The molecule has 0 atom stereocenters. The second kappa shape index (κ2) is 7.71. The van der Waals surface area contributed by atoms with E-state index in [1.54, 1.807) is 35.6 Å². The molecule has 0 bridgehead atoms. The summed E-state index contributed by atoms with van der Waals surface area (Å²) < 4.78 is 8.45. The Morgan fingerprint density at radius 1 is 1.10 bits per heavy atom. The Bertz CT molecular complexity index is 1280. The topological polar surface area (TPSA) is 102 Å². The molecule has 1 fully saturated rings. The molecule has 1 aliphatic rings. The first-order valence-electron chi connectivity index (χ1n) is 10.0. The number of nitrogens with zero attached hydrogens (tertiary/aromatic N) is 7. The Labute approximate surface area is 177 Å². The van der Waals surface area contributed by atoms with Gasteiger partial charge in [0.2, 0.25) is 5.91 Å².